The van der Waals surface area contributed by atoms with Gasteiger partial charge in [0.1, 0.15) is 5.75 Å². The Labute approximate surface area is 118 Å². The molecule has 2 nitrogen and oxygen atoms in total. The molecule has 0 radical (unpaired) electrons. The van der Waals surface area contributed by atoms with Crippen molar-refractivity contribution in [1.82, 2.24) is 4.98 Å². The largest absolute Gasteiger partial charge is 0.475 e. The van der Waals surface area contributed by atoms with Crippen molar-refractivity contribution in [2.24, 2.45) is 0 Å². The maximum atomic E-state index is 5.93. The summed E-state index contributed by atoms with van der Waals surface area (Å²) in [4.78, 5) is 3.42. The minimum atomic E-state index is -0.607. The summed E-state index contributed by atoms with van der Waals surface area (Å²) in [6.45, 7) is 5.83. The van der Waals surface area contributed by atoms with Crippen LogP contribution >= 0.6 is 0 Å². The van der Waals surface area contributed by atoms with Gasteiger partial charge in [0.05, 0.1) is 5.52 Å². The fourth-order valence-electron chi connectivity index (χ4n) is 2.40. The SMILES string of the molecule is C#CC(C)(C)Oc1cc2[nH]c3ccccc3c2cc1C. The molecule has 0 spiro atoms. The van der Waals surface area contributed by atoms with Crippen LogP contribution in [0.5, 0.6) is 5.75 Å². The van der Waals surface area contributed by atoms with Crippen molar-refractivity contribution >= 4 is 21.8 Å². The molecule has 2 heteroatoms. The third-order valence-electron chi connectivity index (χ3n) is 3.51. The molecule has 2 aromatic carbocycles. The third kappa shape index (κ3) is 2.02. The van der Waals surface area contributed by atoms with Crippen molar-refractivity contribution < 1.29 is 4.74 Å². The van der Waals surface area contributed by atoms with E-state index in [1.54, 1.807) is 0 Å². The first kappa shape index (κ1) is 12.6. The molecule has 3 rings (SSSR count). The lowest BCUT2D eigenvalue weighted by molar-refractivity contribution is 0.171. The minimum absolute atomic E-state index is 0.607. The van der Waals surface area contributed by atoms with Crippen LogP contribution in [0.15, 0.2) is 36.4 Å². The standard InChI is InChI=1S/C18H17NO/c1-5-18(3,4)20-17-11-16-14(10-12(17)2)13-8-6-7-9-15(13)19-16/h1,6-11,19H,2-4H3. The van der Waals surface area contributed by atoms with Crippen molar-refractivity contribution in [1.29, 1.82) is 0 Å². The Morgan fingerprint density at radius 3 is 2.60 bits per heavy atom. The number of hydrogen-bond donors (Lipinski definition) is 1. The smallest absolute Gasteiger partial charge is 0.163 e. The number of aryl methyl sites for hydroxylation is 1. The fourth-order valence-corrected chi connectivity index (χ4v) is 2.40. The average molecular weight is 263 g/mol. The summed E-state index contributed by atoms with van der Waals surface area (Å²) in [6.07, 6.45) is 5.50. The van der Waals surface area contributed by atoms with Gasteiger partial charge in [-0.15, -0.1) is 6.42 Å². The van der Waals surface area contributed by atoms with Crippen LogP contribution in [0.4, 0.5) is 0 Å². The van der Waals surface area contributed by atoms with E-state index in [1.807, 2.05) is 32.9 Å². The number of aromatic nitrogens is 1. The van der Waals surface area contributed by atoms with Gasteiger partial charge < -0.3 is 9.72 Å². The first-order valence-corrected chi connectivity index (χ1v) is 6.68. The molecule has 0 atom stereocenters. The summed E-state index contributed by atoms with van der Waals surface area (Å²) in [7, 11) is 0. The minimum Gasteiger partial charge on any atom is -0.475 e. The van der Waals surface area contributed by atoms with Crippen molar-refractivity contribution in [3.8, 4) is 18.1 Å². The number of aromatic amines is 1. The zero-order valence-corrected chi connectivity index (χ0v) is 11.9. The molecule has 1 N–H and O–H groups in total. The Kier molecular flexibility index (Phi) is 2.72. The van der Waals surface area contributed by atoms with Crippen molar-refractivity contribution in [2.45, 2.75) is 26.4 Å². The Hall–Kier alpha value is -2.40. The molecule has 0 aliphatic carbocycles. The molecule has 0 unspecified atom stereocenters. The molecular formula is C18H17NO. The van der Waals surface area contributed by atoms with Gasteiger partial charge in [0.15, 0.2) is 5.60 Å². The van der Waals surface area contributed by atoms with Gasteiger partial charge in [-0.2, -0.15) is 0 Å². The van der Waals surface area contributed by atoms with E-state index in [4.69, 9.17) is 11.2 Å². The van der Waals surface area contributed by atoms with E-state index >= 15 is 0 Å². The van der Waals surface area contributed by atoms with E-state index in [0.29, 0.717) is 0 Å². The Balaban J connectivity index is 2.20. The number of fused-ring (bicyclic) bond motifs is 3. The number of benzene rings is 2. The topological polar surface area (TPSA) is 25.0 Å². The van der Waals surface area contributed by atoms with Crippen molar-refractivity contribution in [3.63, 3.8) is 0 Å². The van der Waals surface area contributed by atoms with Crippen LogP contribution in [0.2, 0.25) is 0 Å². The van der Waals surface area contributed by atoms with Gasteiger partial charge in [0, 0.05) is 22.4 Å². The summed E-state index contributed by atoms with van der Waals surface area (Å²) in [5, 5.41) is 2.44. The Bertz CT molecular complexity index is 834. The second-order valence-corrected chi connectivity index (χ2v) is 5.59. The number of nitrogens with one attached hydrogen (secondary N) is 1. The van der Waals surface area contributed by atoms with Gasteiger partial charge >= 0.3 is 0 Å². The number of rotatable bonds is 2. The van der Waals surface area contributed by atoms with E-state index in [9.17, 15) is 0 Å². The summed E-state index contributed by atoms with van der Waals surface area (Å²) in [5.41, 5.74) is 2.69. The molecule has 20 heavy (non-hydrogen) atoms. The molecule has 0 amide bonds. The quantitative estimate of drug-likeness (QED) is 0.680. The summed E-state index contributed by atoms with van der Waals surface area (Å²) in [5.74, 6) is 3.49. The average Bonchev–Trinajstić information content (AvgIpc) is 2.77. The lowest BCUT2D eigenvalue weighted by Gasteiger charge is -2.21. The van der Waals surface area contributed by atoms with E-state index in [-0.39, 0.29) is 0 Å². The summed E-state index contributed by atoms with van der Waals surface area (Å²) >= 11 is 0. The molecule has 100 valence electrons. The maximum absolute atomic E-state index is 5.93. The summed E-state index contributed by atoms with van der Waals surface area (Å²) in [6, 6.07) is 12.5. The van der Waals surface area contributed by atoms with Gasteiger partial charge in [-0.05, 0) is 38.5 Å². The highest BCUT2D eigenvalue weighted by molar-refractivity contribution is 6.07. The number of hydrogen-bond acceptors (Lipinski definition) is 1. The van der Waals surface area contributed by atoms with Gasteiger partial charge in [-0.25, -0.2) is 0 Å². The van der Waals surface area contributed by atoms with Crippen LogP contribution in [0.25, 0.3) is 21.8 Å². The highest BCUT2D eigenvalue weighted by atomic mass is 16.5. The molecule has 1 heterocycles. The van der Waals surface area contributed by atoms with E-state index < -0.39 is 5.60 Å². The second-order valence-electron chi connectivity index (χ2n) is 5.59. The van der Waals surface area contributed by atoms with E-state index in [1.165, 1.54) is 10.8 Å². The van der Waals surface area contributed by atoms with Crippen LogP contribution in [-0.2, 0) is 0 Å². The first-order valence-electron chi connectivity index (χ1n) is 6.68. The third-order valence-corrected chi connectivity index (χ3v) is 3.51. The molecule has 1 aromatic heterocycles. The Morgan fingerprint density at radius 2 is 1.85 bits per heavy atom. The lowest BCUT2D eigenvalue weighted by Crippen LogP contribution is -2.25. The molecule has 0 aliphatic heterocycles. The van der Waals surface area contributed by atoms with Crippen LogP contribution in [-0.4, -0.2) is 10.6 Å². The molecular weight excluding hydrogens is 246 g/mol. The molecule has 0 aliphatic rings. The van der Waals surface area contributed by atoms with Gasteiger partial charge in [0.2, 0.25) is 0 Å². The number of terminal acetylenes is 1. The van der Waals surface area contributed by atoms with Crippen molar-refractivity contribution in [3.05, 3.63) is 42.0 Å². The zero-order chi connectivity index (χ0) is 14.3. The van der Waals surface area contributed by atoms with Gasteiger partial charge in [-0.3, -0.25) is 0 Å². The number of ether oxygens (including phenoxy) is 1. The highest BCUT2D eigenvalue weighted by Crippen LogP contribution is 2.32. The monoisotopic (exact) mass is 263 g/mol. The van der Waals surface area contributed by atoms with Gasteiger partial charge in [-0.1, -0.05) is 24.1 Å². The van der Waals surface area contributed by atoms with Crippen LogP contribution < -0.4 is 4.74 Å². The van der Waals surface area contributed by atoms with E-state index in [0.717, 1.165) is 22.3 Å². The fraction of sp³-hybridized carbons (Fsp3) is 0.222. The molecule has 0 saturated heterocycles. The van der Waals surface area contributed by atoms with Crippen LogP contribution in [0.3, 0.4) is 0 Å². The van der Waals surface area contributed by atoms with Crippen LogP contribution in [0, 0.1) is 19.3 Å². The summed E-state index contributed by atoms with van der Waals surface area (Å²) < 4.78 is 5.93. The molecule has 0 fully saturated rings. The lowest BCUT2D eigenvalue weighted by atomic mass is 10.1. The second kappa shape index (κ2) is 4.31. The van der Waals surface area contributed by atoms with Crippen LogP contribution in [0.1, 0.15) is 19.4 Å². The van der Waals surface area contributed by atoms with Crippen molar-refractivity contribution in [2.75, 3.05) is 0 Å². The Morgan fingerprint density at radius 1 is 1.10 bits per heavy atom. The molecule has 0 bridgehead atoms. The normalized spacial score (nSPS) is 11.7. The predicted octanol–water partition coefficient (Wildman–Crippen LogP) is 4.42. The zero-order valence-electron chi connectivity index (χ0n) is 11.9. The van der Waals surface area contributed by atoms with Gasteiger partial charge in [0.25, 0.3) is 0 Å². The molecule has 0 saturated carbocycles. The number of para-hydroxylation sites is 1. The maximum Gasteiger partial charge on any atom is 0.163 e. The molecule has 3 aromatic rings. The number of H-pyrrole nitrogens is 1. The van der Waals surface area contributed by atoms with E-state index in [2.05, 4.69) is 35.2 Å². The highest BCUT2D eigenvalue weighted by Gasteiger charge is 2.18. The first-order chi connectivity index (χ1) is 9.50. The predicted molar refractivity (Wildman–Crippen MR) is 84.1 cm³/mol.